The van der Waals surface area contributed by atoms with E-state index in [0.29, 0.717) is 11.1 Å². The van der Waals surface area contributed by atoms with Crippen molar-refractivity contribution in [3.05, 3.63) is 96.1 Å². The number of rotatable bonds is 20. The lowest BCUT2D eigenvalue weighted by Gasteiger charge is -2.48. The van der Waals surface area contributed by atoms with Gasteiger partial charge in [0.25, 0.3) is 0 Å². The number of fused-ring (bicyclic) bond motifs is 4. The fraction of sp³-hybridized carbons (Fsp3) is 0.462. The molecular formula is C52H66N2O4. The van der Waals surface area contributed by atoms with Crippen molar-refractivity contribution < 1.29 is 20.4 Å². The van der Waals surface area contributed by atoms with Gasteiger partial charge in [-0.15, -0.1) is 0 Å². The SMILES string of the molecule is CCCCCN(CCCCC)c1cc(O)c(C2C(O)C(c3c(O)cc(N(CCCCC)CCCCC)c4cc5ccccc5cc34)C2O)c2cc3ccccc3cc12. The molecule has 1 aliphatic carbocycles. The summed E-state index contributed by atoms with van der Waals surface area (Å²) >= 11 is 0. The number of hydrogen-bond acceptors (Lipinski definition) is 6. The first-order valence-electron chi connectivity index (χ1n) is 22.5. The first-order valence-corrected chi connectivity index (χ1v) is 22.5. The lowest BCUT2D eigenvalue weighted by Crippen LogP contribution is -2.51. The van der Waals surface area contributed by atoms with Crippen LogP contribution in [0.4, 0.5) is 11.4 Å². The molecule has 7 rings (SSSR count). The summed E-state index contributed by atoms with van der Waals surface area (Å²) in [6.45, 7) is 12.5. The molecule has 1 aliphatic rings. The van der Waals surface area contributed by atoms with Gasteiger partial charge in [0.2, 0.25) is 0 Å². The van der Waals surface area contributed by atoms with Crippen molar-refractivity contribution >= 4 is 54.5 Å². The van der Waals surface area contributed by atoms with Gasteiger partial charge in [-0.05, 0) is 82.3 Å². The normalized spacial score (nSPS) is 18.0. The van der Waals surface area contributed by atoms with Crippen molar-refractivity contribution in [3.63, 3.8) is 0 Å². The first-order chi connectivity index (χ1) is 28.3. The van der Waals surface area contributed by atoms with Crippen molar-refractivity contribution in [1.29, 1.82) is 0 Å². The van der Waals surface area contributed by atoms with Crippen LogP contribution in [0.1, 0.15) is 128 Å². The van der Waals surface area contributed by atoms with E-state index in [-0.39, 0.29) is 11.5 Å². The summed E-state index contributed by atoms with van der Waals surface area (Å²) in [7, 11) is 0. The van der Waals surface area contributed by atoms with Crippen molar-refractivity contribution in [2.45, 2.75) is 129 Å². The topological polar surface area (TPSA) is 87.4 Å². The van der Waals surface area contributed by atoms with Crippen LogP contribution in [0.5, 0.6) is 11.5 Å². The highest BCUT2D eigenvalue weighted by Gasteiger charge is 2.53. The second-order valence-corrected chi connectivity index (χ2v) is 17.0. The molecular weight excluding hydrogens is 717 g/mol. The minimum absolute atomic E-state index is 0.0977. The average Bonchev–Trinajstić information content (AvgIpc) is 3.23. The Balaban J connectivity index is 1.34. The summed E-state index contributed by atoms with van der Waals surface area (Å²) in [5.41, 5.74) is 3.16. The number of anilines is 2. The van der Waals surface area contributed by atoms with Gasteiger partial charge >= 0.3 is 0 Å². The predicted octanol–water partition coefficient (Wildman–Crippen LogP) is 12.7. The maximum atomic E-state index is 12.4. The van der Waals surface area contributed by atoms with E-state index in [1.807, 2.05) is 24.3 Å². The maximum absolute atomic E-state index is 12.4. The first kappa shape index (κ1) is 41.6. The van der Waals surface area contributed by atoms with Gasteiger partial charge in [-0.25, -0.2) is 0 Å². The van der Waals surface area contributed by atoms with E-state index in [2.05, 4.69) is 98.2 Å². The van der Waals surface area contributed by atoms with Gasteiger partial charge in [-0.3, -0.25) is 0 Å². The Morgan fingerprint density at radius 1 is 0.414 bits per heavy atom. The number of benzene rings is 6. The summed E-state index contributed by atoms with van der Waals surface area (Å²) in [6.07, 6.45) is 11.3. The molecule has 0 heterocycles. The molecule has 6 nitrogen and oxygen atoms in total. The smallest absolute Gasteiger partial charge is 0.121 e. The molecule has 1 saturated carbocycles. The molecule has 6 heteroatoms. The van der Waals surface area contributed by atoms with Crippen molar-refractivity contribution in [2.75, 3.05) is 36.0 Å². The molecule has 0 bridgehead atoms. The van der Waals surface area contributed by atoms with E-state index in [4.69, 9.17) is 0 Å². The number of unbranched alkanes of at least 4 members (excludes halogenated alkanes) is 8. The van der Waals surface area contributed by atoms with Crippen LogP contribution in [0.3, 0.4) is 0 Å². The number of aliphatic hydroxyl groups excluding tert-OH is 2. The molecule has 58 heavy (non-hydrogen) atoms. The molecule has 0 saturated heterocycles. The molecule has 0 spiro atoms. The van der Waals surface area contributed by atoms with Gasteiger partial charge in [-0.2, -0.15) is 0 Å². The van der Waals surface area contributed by atoms with Crippen molar-refractivity contribution in [3.8, 4) is 11.5 Å². The number of aliphatic hydroxyl groups is 2. The predicted molar refractivity (Wildman–Crippen MR) is 246 cm³/mol. The van der Waals surface area contributed by atoms with E-state index in [0.717, 1.165) is 158 Å². The summed E-state index contributed by atoms with van der Waals surface area (Å²) in [4.78, 5) is 4.87. The number of nitrogens with zero attached hydrogens (tertiary/aromatic N) is 2. The fourth-order valence-corrected chi connectivity index (χ4v) is 9.72. The molecule has 0 aromatic heterocycles. The summed E-state index contributed by atoms with van der Waals surface area (Å²) in [6, 6.07) is 29.1. The molecule has 0 atom stereocenters. The Morgan fingerprint density at radius 2 is 0.707 bits per heavy atom. The average molecular weight is 783 g/mol. The molecule has 6 aromatic rings. The van der Waals surface area contributed by atoms with E-state index < -0.39 is 24.0 Å². The Labute approximate surface area is 346 Å². The van der Waals surface area contributed by atoms with Gasteiger partial charge in [0, 0.05) is 83.4 Å². The van der Waals surface area contributed by atoms with Crippen molar-refractivity contribution in [2.24, 2.45) is 0 Å². The van der Waals surface area contributed by atoms with Crippen LogP contribution in [-0.4, -0.2) is 58.8 Å². The summed E-state index contributed by atoms with van der Waals surface area (Å²) in [5, 5.41) is 57.0. The molecule has 4 N–H and O–H groups in total. The third-order valence-corrected chi connectivity index (χ3v) is 12.9. The third-order valence-electron chi connectivity index (χ3n) is 12.9. The molecule has 0 aliphatic heterocycles. The third kappa shape index (κ3) is 8.33. The van der Waals surface area contributed by atoms with Crippen LogP contribution in [0.15, 0.2) is 84.9 Å². The van der Waals surface area contributed by atoms with Crippen LogP contribution in [0.25, 0.3) is 43.1 Å². The van der Waals surface area contributed by atoms with Gasteiger partial charge in [0.05, 0.1) is 12.2 Å². The number of phenols is 2. The number of phenolic OH excluding ortho intramolecular Hbond substituents is 2. The second-order valence-electron chi connectivity index (χ2n) is 17.0. The fourth-order valence-electron chi connectivity index (χ4n) is 9.72. The van der Waals surface area contributed by atoms with Crippen molar-refractivity contribution in [1.82, 2.24) is 0 Å². The number of hydrogen-bond donors (Lipinski definition) is 4. The highest BCUT2D eigenvalue weighted by Crippen LogP contribution is 2.57. The van der Waals surface area contributed by atoms with E-state index in [1.54, 1.807) is 0 Å². The zero-order valence-corrected chi connectivity index (χ0v) is 35.4. The molecule has 308 valence electrons. The lowest BCUT2D eigenvalue weighted by molar-refractivity contribution is -0.0787. The second kappa shape index (κ2) is 19.0. The van der Waals surface area contributed by atoms with Gasteiger partial charge in [-0.1, -0.05) is 128 Å². The van der Waals surface area contributed by atoms with Gasteiger partial charge in [0.15, 0.2) is 0 Å². The zero-order chi connectivity index (χ0) is 40.8. The quantitative estimate of drug-likeness (QED) is 0.0456. The monoisotopic (exact) mass is 783 g/mol. The lowest BCUT2D eigenvalue weighted by atomic mass is 9.61. The highest BCUT2D eigenvalue weighted by atomic mass is 16.3. The Bertz CT molecular complexity index is 2130. The van der Waals surface area contributed by atoms with Crippen LogP contribution in [-0.2, 0) is 0 Å². The van der Waals surface area contributed by atoms with Crippen LogP contribution < -0.4 is 9.80 Å². The summed E-state index contributed by atoms with van der Waals surface area (Å²) in [5.74, 6) is -1.29. The Morgan fingerprint density at radius 3 is 1.00 bits per heavy atom. The largest absolute Gasteiger partial charge is 0.508 e. The Kier molecular flexibility index (Phi) is 13.7. The summed E-state index contributed by atoms with van der Waals surface area (Å²) < 4.78 is 0. The van der Waals surface area contributed by atoms with E-state index in [9.17, 15) is 20.4 Å². The molecule has 0 radical (unpaired) electrons. The molecule has 0 amide bonds. The minimum Gasteiger partial charge on any atom is -0.508 e. The Hall–Kier alpha value is -4.52. The van der Waals surface area contributed by atoms with Crippen LogP contribution in [0.2, 0.25) is 0 Å². The van der Waals surface area contributed by atoms with Crippen LogP contribution in [0, 0.1) is 0 Å². The standard InChI is InChI=1S/C52H66N2O4/c1-5-9-17-25-53(26-18-10-6-2)43-33-45(55)47(41-31-37-23-15-13-21-35(37)29-39(41)43)49-51(57)50(52(49)58)48-42-32-38-24-16-14-22-36(38)30-40(42)44(34-46(48)56)54(27-19-11-7-3)28-20-12-8-4/h13-16,21-24,29-34,49-52,55-58H,5-12,17-20,25-28H2,1-4H3. The number of aromatic hydroxyl groups is 2. The minimum atomic E-state index is -1.04. The van der Waals surface area contributed by atoms with Gasteiger partial charge < -0.3 is 30.2 Å². The molecule has 0 unspecified atom stereocenters. The van der Waals surface area contributed by atoms with E-state index >= 15 is 0 Å². The van der Waals surface area contributed by atoms with Gasteiger partial charge in [0.1, 0.15) is 11.5 Å². The molecule has 6 aromatic carbocycles. The van der Waals surface area contributed by atoms with Crippen LogP contribution >= 0.6 is 0 Å². The molecule has 1 fully saturated rings. The zero-order valence-electron chi connectivity index (χ0n) is 35.4. The highest BCUT2D eigenvalue weighted by molar-refractivity contribution is 6.08. The maximum Gasteiger partial charge on any atom is 0.121 e. The van der Waals surface area contributed by atoms with E-state index in [1.165, 1.54) is 0 Å².